The highest BCUT2D eigenvalue weighted by molar-refractivity contribution is 5.72. The summed E-state index contributed by atoms with van der Waals surface area (Å²) >= 11 is 0. The van der Waals surface area contributed by atoms with Gasteiger partial charge in [-0.1, -0.05) is 0 Å². The van der Waals surface area contributed by atoms with Crippen molar-refractivity contribution in [3.63, 3.8) is 0 Å². The molecule has 1 aromatic heterocycles. The van der Waals surface area contributed by atoms with E-state index in [0.717, 1.165) is 28.7 Å². The third-order valence-electron chi connectivity index (χ3n) is 2.90. The number of nitrogens with two attached hydrogens (primary N) is 1. The molecule has 2 heterocycles. The molecule has 0 fully saturated rings. The normalized spacial score (nSPS) is 12.8. The molecule has 0 bridgehead atoms. The largest absolute Gasteiger partial charge is 0.454 e. The van der Waals surface area contributed by atoms with Crippen molar-refractivity contribution in [1.29, 1.82) is 0 Å². The predicted molar refractivity (Wildman–Crippen MR) is 68.2 cm³/mol. The Labute approximate surface area is 104 Å². The van der Waals surface area contributed by atoms with E-state index in [2.05, 4.69) is 10.4 Å². The van der Waals surface area contributed by atoms with E-state index in [-0.39, 0.29) is 6.79 Å². The second-order valence-corrected chi connectivity index (χ2v) is 4.16. The number of aryl methyl sites for hydroxylation is 2. The zero-order chi connectivity index (χ0) is 12.7. The fourth-order valence-corrected chi connectivity index (χ4v) is 1.93. The number of aromatic nitrogens is 2. The molecular weight excluding hydrogens is 232 g/mol. The van der Waals surface area contributed by atoms with Gasteiger partial charge in [-0.05, 0) is 19.1 Å². The number of ether oxygens (including phenoxy) is 2. The van der Waals surface area contributed by atoms with E-state index in [1.165, 1.54) is 0 Å². The van der Waals surface area contributed by atoms with E-state index in [0.29, 0.717) is 5.69 Å². The second-order valence-electron chi connectivity index (χ2n) is 4.16. The first-order chi connectivity index (χ1) is 8.65. The molecule has 6 heteroatoms. The average molecular weight is 246 g/mol. The van der Waals surface area contributed by atoms with Crippen LogP contribution in [0.3, 0.4) is 0 Å². The molecular formula is C12H14N4O2. The van der Waals surface area contributed by atoms with Gasteiger partial charge in [-0.2, -0.15) is 5.10 Å². The van der Waals surface area contributed by atoms with Gasteiger partial charge in [-0.3, -0.25) is 4.68 Å². The zero-order valence-electron chi connectivity index (χ0n) is 10.2. The molecule has 1 aliphatic heterocycles. The number of benzene rings is 1. The molecule has 0 saturated heterocycles. The van der Waals surface area contributed by atoms with Crippen LogP contribution in [-0.2, 0) is 7.05 Å². The maximum Gasteiger partial charge on any atom is 0.231 e. The molecule has 18 heavy (non-hydrogen) atoms. The van der Waals surface area contributed by atoms with Crippen molar-refractivity contribution in [3.05, 3.63) is 23.9 Å². The fraction of sp³-hybridized carbons (Fsp3) is 0.250. The molecule has 0 aliphatic carbocycles. The van der Waals surface area contributed by atoms with E-state index in [1.807, 2.05) is 32.2 Å². The van der Waals surface area contributed by atoms with E-state index < -0.39 is 0 Å². The number of rotatable bonds is 2. The van der Waals surface area contributed by atoms with E-state index in [1.54, 1.807) is 4.68 Å². The summed E-state index contributed by atoms with van der Waals surface area (Å²) in [5.41, 5.74) is 8.30. The maximum absolute atomic E-state index is 5.96. The fourth-order valence-electron chi connectivity index (χ4n) is 1.93. The first-order valence-electron chi connectivity index (χ1n) is 5.61. The highest BCUT2D eigenvalue weighted by Crippen LogP contribution is 2.35. The van der Waals surface area contributed by atoms with Crippen LogP contribution in [0.2, 0.25) is 0 Å². The van der Waals surface area contributed by atoms with Gasteiger partial charge in [0.2, 0.25) is 6.79 Å². The molecule has 0 radical (unpaired) electrons. The third-order valence-corrected chi connectivity index (χ3v) is 2.90. The molecule has 6 nitrogen and oxygen atoms in total. The molecule has 3 rings (SSSR count). The topological polar surface area (TPSA) is 74.3 Å². The smallest absolute Gasteiger partial charge is 0.231 e. The Bertz CT molecular complexity index is 606. The molecule has 1 aromatic carbocycles. The lowest BCUT2D eigenvalue weighted by atomic mass is 10.2. The number of nitrogens with zero attached hydrogens (tertiary/aromatic N) is 2. The van der Waals surface area contributed by atoms with Crippen LogP contribution in [0.4, 0.5) is 17.2 Å². The number of hydrogen-bond acceptors (Lipinski definition) is 5. The number of hydrogen-bond donors (Lipinski definition) is 2. The summed E-state index contributed by atoms with van der Waals surface area (Å²) in [6.45, 7) is 2.14. The third kappa shape index (κ3) is 1.62. The molecule has 1 aliphatic rings. The summed E-state index contributed by atoms with van der Waals surface area (Å²) in [5, 5.41) is 7.48. The lowest BCUT2D eigenvalue weighted by Gasteiger charge is -2.08. The number of anilines is 3. The first kappa shape index (κ1) is 10.8. The van der Waals surface area contributed by atoms with Gasteiger partial charge in [0.25, 0.3) is 0 Å². The number of fused-ring (bicyclic) bond motifs is 1. The van der Waals surface area contributed by atoms with Crippen LogP contribution < -0.4 is 20.5 Å². The quantitative estimate of drug-likeness (QED) is 0.845. The van der Waals surface area contributed by atoms with Crippen molar-refractivity contribution in [2.24, 2.45) is 7.05 Å². The minimum atomic E-state index is 0.270. The summed E-state index contributed by atoms with van der Waals surface area (Å²) in [4.78, 5) is 0. The zero-order valence-corrected chi connectivity index (χ0v) is 10.2. The van der Waals surface area contributed by atoms with Gasteiger partial charge in [0.15, 0.2) is 17.3 Å². The molecule has 0 unspecified atom stereocenters. The van der Waals surface area contributed by atoms with Crippen LogP contribution in [0.25, 0.3) is 0 Å². The summed E-state index contributed by atoms with van der Waals surface area (Å²) in [6, 6.07) is 5.66. The Kier molecular flexibility index (Phi) is 2.29. The summed E-state index contributed by atoms with van der Waals surface area (Å²) < 4.78 is 12.3. The SMILES string of the molecule is Cc1nn(C)c(Nc2ccc3c(c2)OCO3)c1N. The summed E-state index contributed by atoms with van der Waals surface area (Å²) in [7, 11) is 1.85. The van der Waals surface area contributed by atoms with Gasteiger partial charge in [0, 0.05) is 18.8 Å². The Balaban J connectivity index is 1.93. The Hall–Kier alpha value is -2.37. The minimum absolute atomic E-state index is 0.270. The summed E-state index contributed by atoms with van der Waals surface area (Å²) in [5.74, 6) is 2.26. The van der Waals surface area contributed by atoms with Crippen molar-refractivity contribution in [2.45, 2.75) is 6.92 Å². The molecule has 94 valence electrons. The van der Waals surface area contributed by atoms with Crippen molar-refractivity contribution >= 4 is 17.2 Å². The molecule has 2 aromatic rings. The molecule has 3 N–H and O–H groups in total. The average Bonchev–Trinajstić information content (AvgIpc) is 2.89. The molecule has 0 atom stereocenters. The standard InChI is InChI=1S/C12H14N4O2/c1-7-11(13)12(16(2)15-7)14-8-3-4-9-10(5-8)18-6-17-9/h3-5,14H,6,13H2,1-2H3. The van der Waals surface area contributed by atoms with Crippen LogP contribution in [0.5, 0.6) is 11.5 Å². The van der Waals surface area contributed by atoms with Gasteiger partial charge in [0.1, 0.15) is 0 Å². The number of nitrogen functional groups attached to an aromatic ring is 1. The van der Waals surface area contributed by atoms with Crippen molar-refractivity contribution in [2.75, 3.05) is 17.8 Å². The van der Waals surface area contributed by atoms with Crippen LogP contribution >= 0.6 is 0 Å². The van der Waals surface area contributed by atoms with Gasteiger partial charge >= 0.3 is 0 Å². The van der Waals surface area contributed by atoms with Crippen LogP contribution in [-0.4, -0.2) is 16.6 Å². The summed E-state index contributed by atoms with van der Waals surface area (Å²) in [6.07, 6.45) is 0. The molecule has 0 spiro atoms. The Morgan fingerprint density at radius 2 is 2.11 bits per heavy atom. The Morgan fingerprint density at radius 3 is 2.83 bits per heavy atom. The van der Waals surface area contributed by atoms with E-state index in [9.17, 15) is 0 Å². The van der Waals surface area contributed by atoms with Gasteiger partial charge < -0.3 is 20.5 Å². The van der Waals surface area contributed by atoms with E-state index in [4.69, 9.17) is 15.2 Å². The highest BCUT2D eigenvalue weighted by atomic mass is 16.7. The van der Waals surface area contributed by atoms with Gasteiger partial charge in [0.05, 0.1) is 11.4 Å². The number of nitrogens with one attached hydrogen (secondary N) is 1. The van der Waals surface area contributed by atoms with Crippen molar-refractivity contribution in [3.8, 4) is 11.5 Å². The highest BCUT2D eigenvalue weighted by Gasteiger charge is 2.15. The van der Waals surface area contributed by atoms with Crippen molar-refractivity contribution in [1.82, 2.24) is 9.78 Å². The minimum Gasteiger partial charge on any atom is -0.454 e. The lowest BCUT2D eigenvalue weighted by molar-refractivity contribution is 0.174. The second kappa shape index (κ2) is 3.83. The van der Waals surface area contributed by atoms with Crippen LogP contribution in [0.15, 0.2) is 18.2 Å². The van der Waals surface area contributed by atoms with Gasteiger partial charge in [-0.25, -0.2) is 0 Å². The lowest BCUT2D eigenvalue weighted by Crippen LogP contribution is -2.01. The van der Waals surface area contributed by atoms with E-state index >= 15 is 0 Å². The van der Waals surface area contributed by atoms with Crippen molar-refractivity contribution < 1.29 is 9.47 Å². The predicted octanol–water partition coefficient (Wildman–Crippen LogP) is 1.78. The van der Waals surface area contributed by atoms with Crippen LogP contribution in [0, 0.1) is 6.92 Å². The Morgan fingerprint density at radius 1 is 1.33 bits per heavy atom. The van der Waals surface area contributed by atoms with Gasteiger partial charge in [-0.15, -0.1) is 0 Å². The maximum atomic E-state index is 5.96. The molecule has 0 amide bonds. The first-order valence-corrected chi connectivity index (χ1v) is 5.61. The monoisotopic (exact) mass is 246 g/mol. The molecule has 0 saturated carbocycles. The van der Waals surface area contributed by atoms with Crippen LogP contribution in [0.1, 0.15) is 5.69 Å².